The summed E-state index contributed by atoms with van der Waals surface area (Å²) in [5.41, 5.74) is 5.31. The highest BCUT2D eigenvalue weighted by molar-refractivity contribution is 7.99. The van der Waals surface area contributed by atoms with Crippen LogP contribution in [0.3, 0.4) is 0 Å². The van der Waals surface area contributed by atoms with Crippen molar-refractivity contribution in [2.75, 3.05) is 5.75 Å². The quantitative estimate of drug-likeness (QED) is 0.540. The van der Waals surface area contributed by atoms with Gasteiger partial charge in [-0.25, -0.2) is 0 Å². The molecule has 1 fully saturated rings. The van der Waals surface area contributed by atoms with E-state index in [1.54, 1.807) is 18.0 Å². The van der Waals surface area contributed by atoms with Crippen LogP contribution in [-0.2, 0) is 11.3 Å². The zero-order valence-electron chi connectivity index (χ0n) is 14.5. The predicted octanol–water partition coefficient (Wildman–Crippen LogP) is 3.87. The van der Waals surface area contributed by atoms with Crippen molar-refractivity contribution in [1.29, 1.82) is 0 Å². The summed E-state index contributed by atoms with van der Waals surface area (Å²) in [6.45, 7) is 0.476. The number of hydrogen-bond donors (Lipinski definition) is 1. The molecule has 1 amide bonds. The number of carbonyl (C=O) groups is 1. The van der Waals surface area contributed by atoms with E-state index in [0.717, 1.165) is 16.8 Å². The van der Waals surface area contributed by atoms with Crippen molar-refractivity contribution < 1.29 is 9.21 Å². The minimum absolute atomic E-state index is 0.265. The summed E-state index contributed by atoms with van der Waals surface area (Å²) >= 11 is 1.70. The highest BCUT2D eigenvalue weighted by atomic mass is 32.2. The average Bonchev–Trinajstić information content (AvgIpc) is 3.27. The Balaban J connectivity index is 1.58. The lowest BCUT2D eigenvalue weighted by Crippen LogP contribution is -2.15. The highest BCUT2D eigenvalue weighted by Crippen LogP contribution is 2.29. The number of nitrogens with zero attached hydrogens (tertiary/aromatic N) is 3. The molecule has 0 saturated heterocycles. The molecule has 0 radical (unpaired) electrons. The predicted molar refractivity (Wildman–Crippen MR) is 98.1 cm³/mol. The Labute approximate surface area is 152 Å². The summed E-state index contributed by atoms with van der Waals surface area (Å²) in [7, 11) is 0. The van der Waals surface area contributed by atoms with Gasteiger partial charge in [-0.1, -0.05) is 43.9 Å². The number of carbonyl (C=O) groups excluding carboxylic acids is 1. The molecule has 1 saturated carbocycles. The van der Waals surface area contributed by atoms with Gasteiger partial charge in [0.25, 0.3) is 0 Å². The van der Waals surface area contributed by atoms with Gasteiger partial charge in [0.1, 0.15) is 0 Å². The van der Waals surface area contributed by atoms with Crippen molar-refractivity contribution in [3.63, 3.8) is 0 Å². The molecule has 2 aromatic heterocycles. The SMILES string of the molecule is NC(=O)CCn1c(SCCCC2CCCCC2)nnc1-c1ccco1. The van der Waals surface area contributed by atoms with Crippen LogP contribution in [0.2, 0.25) is 0 Å². The summed E-state index contributed by atoms with van der Waals surface area (Å²) in [5.74, 6) is 2.91. The lowest BCUT2D eigenvalue weighted by atomic mass is 9.86. The van der Waals surface area contributed by atoms with Gasteiger partial charge in [0.05, 0.1) is 6.26 Å². The second kappa shape index (κ2) is 9.08. The largest absolute Gasteiger partial charge is 0.461 e. The first-order valence-electron chi connectivity index (χ1n) is 9.12. The molecule has 2 aromatic rings. The molecule has 136 valence electrons. The monoisotopic (exact) mass is 362 g/mol. The van der Waals surface area contributed by atoms with E-state index >= 15 is 0 Å². The third-order valence-corrected chi connectivity index (χ3v) is 5.81. The molecule has 0 aromatic carbocycles. The molecule has 1 aliphatic rings. The molecule has 1 aliphatic carbocycles. The van der Waals surface area contributed by atoms with E-state index < -0.39 is 0 Å². The fourth-order valence-corrected chi connectivity index (χ4v) is 4.34. The molecule has 0 spiro atoms. The Hall–Kier alpha value is -1.76. The molecule has 25 heavy (non-hydrogen) atoms. The Morgan fingerprint density at radius 3 is 2.88 bits per heavy atom. The molecule has 0 aliphatic heterocycles. The van der Waals surface area contributed by atoms with E-state index in [0.29, 0.717) is 18.1 Å². The summed E-state index contributed by atoms with van der Waals surface area (Å²) in [5, 5.41) is 9.38. The number of aromatic nitrogens is 3. The summed E-state index contributed by atoms with van der Waals surface area (Å²) < 4.78 is 7.38. The summed E-state index contributed by atoms with van der Waals surface area (Å²) in [4.78, 5) is 11.2. The maximum Gasteiger partial charge on any atom is 0.219 e. The first-order valence-corrected chi connectivity index (χ1v) is 10.1. The van der Waals surface area contributed by atoms with Gasteiger partial charge in [0, 0.05) is 18.7 Å². The van der Waals surface area contributed by atoms with Crippen molar-refractivity contribution in [2.45, 2.75) is 63.1 Å². The molecule has 0 unspecified atom stereocenters. The number of amides is 1. The van der Waals surface area contributed by atoms with Crippen molar-refractivity contribution >= 4 is 17.7 Å². The smallest absolute Gasteiger partial charge is 0.219 e. The molecule has 0 bridgehead atoms. The van der Waals surface area contributed by atoms with Crippen LogP contribution in [0.1, 0.15) is 51.4 Å². The van der Waals surface area contributed by atoms with E-state index in [1.165, 1.54) is 44.9 Å². The first kappa shape index (κ1) is 18.0. The van der Waals surface area contributed by atoms with E-state index in [9.17, 15) is 4.79 Å². The van der Waals surface area contributed by atoms with Gasteiger partial charge in [0.2, 0.25) is 5.91 Å². The molecular weight excluding hydrogens is 336 g/mol. The molecule has 6 nitrogen and oxygen atoms in total. The molecular formula is C18H26N4O2S. The van der Waals surface area contributed by atoms with Gasteiger partial charge in [-0.05, 0) is 30.9 Å². The van der Waals surface area contributed by atoms with Crippen molar-refractivity contribution in [2.24, 2.45) is 11.7 Å². The van der Waals surface area contributed by atoms with Crippen LogP contribution >= 0.6 is 11.8 Å². The van der Waals surface area contributed by atoms with Crippen LogP contribution < -0.4 is 5.73 Å². The highest BCUT2D eigenvalue weighted by Gasteiger charge is 2.17. The van der Waals surface area contributed by atoms with Gasteiger partial charge >= 0.3 is 0 Å². The summed E-state index contributed by atoms with van der Waals surface area (Å²) in [6, 6.07) is 3.67. The fraction of sp³-hybridized carbons (Fsp3) is 0.611. The van der Waals surface area contributed by atoms with E-state index in [-0.39, 0.29) is 12.3 Å². The average molecular weight is 362 g/mol. The van der Waals surface area contributed by atoms with E-state index in [4.69, 9.17) is 10.2 Å². The van der Waals surface area contributed by atoms with E-state index in [1.807, 2.05) is 16.7 Å². The van der Waals surface area contributed by atoms with Crippen molar-refractivity contribution in [3.05, 3.63) is 18.4 Å². The second-order valence-electron chi connectivity index (χ2n) is 6.65. The number of nitrogens with two attached hydrogens (primary N) is 1. The van der Waals surface area contributed by atoms with Crippen LogP contribution in [0, 0.1) is 5.92 Å². The molecule has 3 rings (SSSR count). The first-order chi connectivity index (χ1) is 12.2. The minimum Gasteiger partial charge on any atom is -0.461 e. The number of primary amides is 1. The lowest BCUT2D eigenvalue weighted by molar-refractivity contribution is -0.118. The van der Waals surface area contributed by atoms with Gasteiger partial charge in [-0.3, -0.25) is 9.36 Å². The normalized spacial score (nSPS) is 15.5. The lowest BCUT2D eigenvalue weighted by Gasteiger charge is -2.21. The van der Waals surface area contributed by atoms with Crippen LogP contribution in [0.4, 0.5) is 0 Å². The Kier molecular flexibility index (Phi) is 6.55. The van der Waals surface area contributed by atoms with Crippen molar-refractivity contribution in [3.8, 4) is 11.6 Å². The third kappa shape index (κ3) is 5.11. The second-order valence-corrected chi connectivity index (χ2v) is 7.71. The fourth-order valence-electron chi connectivity index (χ4n) is 3.42. The van der Waals surface area contributed by atoms with E-state index in [2.05, 4.69) is 10.2 Å². The zero-order chi connectivity index (χ0) is 17.5. The standard InChI is InChI=1S/C18H26N4O2S/c19-16(23)10-11-22-17(15-9-4-12-24-15)20-21-18(22)25-13-5-8-14-6-2-1-3-7-14/h4,9,12,14H,1-3,5-8,10-11,13H2,(H2,19,23). The minimum atomic E-state index is -0.327. The molecule has 0 atom stereocenters. The number of hydrogen-bond acceptors (Lipinski definition) is 5. The third-order valence-electron chi connectivity index (χ3n) is 4.75. The van der Waals surface area contributed by atoms with Gasteiger partial charge in [0.15, 0.2) is 16.7 Å². The van der Waals surface area contributed by atoms with Crippen LogP contribution in [0.25, 0.3) is 11.6 Å². The zero-order valence-corrected chi connectivity index (χ0v) is 15.3. The van der Waals surface area contributed by atoms with Crippen LogP contribution in [0.15, 0.2) is 28.0 Å². The Morgan fingerprint density at radius 1 is 1.32 bits per heavy atom. The van der Waals surface area contributed by atoms with Crippen LogP contribution in [0.5, 0.6) is 0 Å². The number of rotatable bonds is 9. The van der Waals surface area contributed by atoms with Gasteiger partial charge < -0.3 is 10.2 Å². The summed E-state index contributed by atoms with van der Waals surface area (Å²) in [6.07, 6.45) is 11.3. The molecule has 2 heterocycles. The maximum absolute atomic E-state index is 11.2. The topological polar surface area (TPSA) is 86.9 Å². The van der Waals surface area contributed by atoms with Crippen molar-refractivity contribution in [1.82, 2.24) is 14.8 Å². The van der Waals surface area contributed by atoms with Gasteiger partial charge in [-0.15, -0.1) is 10.2 Å². The Bertz CT molecular complexity index is 663. The maximum atomic E-state index is 11.2. The Morgan fingerprint density at radius 2 is 2.16 bits per heavy atom. The number of furan rings is 1. The number of thioether (sulfide) groups is 1. The van der Waals surface area contributed by atoms with Gasteiger partial charge in [-0.2, -0.15) is 0 Å². The molecule has 7 heteroatoms. The molecule has 2 N–H and O–H groups in total. The van der Waals surface area contributed by atoms with Crippen LogP contribution in [-0.4, -0.2) is 26.4 Å².